The van der Waals surface area contributed by atoms with E-state index in [0.29, 0.717) is 12.1 Å². The van der Waals surface area contributed by atoms with E-state index in [2.05, 4.69) is 40.9 Å². The van der Waals surface area contributed by atoms with Crippen LogP contribution in [0.4, 0.5) is 0 Å². The number of hydrogen-bond donors (Lipinski definition) is 1. The van der Waals surface area contributed by atoms with Crippen LogP contribution in [0.15, 0.2) is 4.99 Å². The third-order valence-corrected chi connectivity index (χ3v) is 4.90. The maximum absolute atomic E-state index is 4.50. The number of hydrogen-bond acceptors (Lipinski definition) is 2. The number of likely N-dealkylation sites (N-methyl/N-ethyl adjacent to an activating group) is 1. The lowest BCUT2D eigenvalue weighted by Gasteiger charge is -2.27. The Balaban J connectivity index is 0.00000220. The molecule has 2 rings (SSSR count). The average Bonchev–Trinajstić information content (AvgIpc) is 3.00. The molecule has 0 aromatic carbocycles. The normalized spacial score (nSPS) is 28.7. The summed E-state index contributed by atoms with van der Waals surface area (Å²) >= 11 is 0. The van der Waals surface area contributed by atoms with Gasteiger partial charge >= 0.3 is 0 Å². The second-order valence-corrected chi connectivity index (χ2v) is 6.19. The van der Waals surface area contributed by atoms with E-state index in [0.717, 1.165) is 38.1 Å². The van der Waals surface area contributed by atoms with E-state index < -0.39 is 0 Å². The molecule has 124 valence electrons. The van der Waals surface area contributed by atoms with Gasteiger partial charge in [-0.05, 0) is 38.3 Å². The van der Waals surface area contributed by atoms with Crippen molar-refractivity contribution in [1.29, 1.82) is 0 Å². The summed E-state index contributed by atoms with van der Waals surface area (Å²) in [4.78, 5) is 9.53. The van der Waals surface area contributed by atoms with Gasteiger partial charge in [-0.2, -0.15) is 0 Å². The highest BCUT2D eigenvalue weighted by atomic mass is 127. The Kier molecular flexibility index (Phi) is 8.31. The Morgan fingerprint density at radius 2 is 2.00 bits per heavy atom. The predicted molar refractivity (Wildman–Crippen MR) is 102 cm³/mol. The van der Waals surface area contributed by atoms with E-state index in [1.807, 2.05) is 7.05 Å². The molecule has 1 saturated heterocycles. The molecule has 4 nitrogen and oxygen atoms in total. The van der Waals surface area contributed by atoms with Crippen LogP contribution < -0.4 is 5.32 Å². The first-order chi connectivity index (χ1) is 9.73. The van der Waals surface area contributed by atoms with E-state index in [4.69, 9.17) is 0 Å². The molecule has 2 fully saturated rings. The van der Waals surface area contributed by atoms with E-state index in [-0.39, 0.29) is 24.0 Å². The molecular weight excluding hydrogens is 375 g/mol. The highest BCUT2D eigenvalue weighted by Crippen LogP contribution is 2.34. The topological polar surface area (TPSA) is 30.9 Å². The van der Waals surface area contributed by atoms with Crippen LogP contribution in [0, 0.1) is 5.92 Å². The number of rotatable bonds is 6. The number of halogens is 1. The molecule has 1 saturated carbocycles. The Morgan fingerprint density at radius 3 is 2.57 bits per heavy atom. The van der Waals surface area contributed by atoms with E-state index >= 15 is 0 Å². The molecular formula is C16H33IN4. The van der Waals surface area contributed by atoms with E-state index in [1.54, 1.807) is 0 Å². The lowest BCUT2D eigenvalue weighted by atomic mass is 10.2. The van der Waals surface area contributed by atoms with Gasteiger partial charge in [0, 0.05) is 32.2 Å². The van der Waals surface area contributed by atoms with Gasteiger partial charge < -0.3 is 10.2 Å². The van der Waals surface area contributed by atoms with Crippen molar-refractivity contribution in [2.45, 2.75) is 58.5 Å². The first kappa shape index (κ1) is 19.0. The second-order valence-electron chi connectivity index (χ2n) is 6.19. The zero-order valence-electron chi connectivity index (χ0n) is 14.1. The van der Waals surface area contributed by atoms with Gasteiger partial charge in [-0.1, -0.05) is 27.2 Å². The maximum atomic E-state index is 4.50. The van der Waals surface area contributed by atoms with Gasteiger partial charge in [0.2, 0.25) is 0 Å². The number of likely N-dealkylation sites (tertiary alicyclic amines) is 1. The van der Waals surface area contributed by atoms with Gasteiger partial charge in [0.15, 0.2) is 5.96 Å². The van der Waals surface area contributed by atoms with Gasteiger partial charge in [0.05, 0.1) is 0 Å². The summed E-state index contributed by atoms with van der Waals surface area (Å²) in [7, 11) is 1.92. The Morgan fingerprint density at radius 1 is 1.29 bits per heavy atom. The number of guanidine groups is 1. The van der Waals surface area contributed by atoms with Crippen molar-refractivity contribution < 1.29 is 0 Å². The minimum atomic E-state index is 0. The number of aliphatic imine (C=N–C) groups is 1. The minimum Gasteiger partial charge on any atom is -0.353 e. The van der Waals surface area contributed by atoms with Crippen LogP contribution in [0.3, 0.4) is 0 Å². The summed E-state index contributed by atoms with van der Waals surface area (Å²) in [6.07, 6.45) is 5.26. The monoisotopic (exact) mass is 408 g/mol. The van der Waals surface area contributed by atoms with Crippen LogP contribution >= 0.6 is 24.0 Å². The highest BCUT2D eigenvalue weighted by Gasteiger charge is 2.38. The number of nitrogens with zero attached hydrogens (tertiary/aromatic N) is 3. The molecule has 5 heteroatoms. The molecule has 3 atom stereocenters. The van der Waals surface area contributed by atoms with Gasteiger partial charge in [-0.3, -0.25) is 9.89 Å². The minimum absolute atomic E-state index is 0. The van der Waals surface area contributed by atoms with Crippen molar-refractivity contribution >= 4 is 29.9 Å². The van der Waals surface area contributed by atoms with Crippen LogP contribution in [0.2, 0.25) is 0 Å². The van der Waals surface area contributed by atoms with Crippen LogP contribution in [-0.2, 0) is 0 Å². The molecule has 1 heterocycles. The quantitative estimate of drug-likeness (QED) is 0.417. The third kappa shape index (κ3) is 4.98. The SMILES string of the molecule is CCCC1CC1NC(=NC)N1CCC(N(CC)CC)C1.I. The summed E-state index contributed by atoms with van der Waals surface area (Å²) in [5.74, 6) is 2.01. The largest absolute Gasteiger partial charge is 0.353 e. The fourth-order valence-electron chi connectivity index (χ4n) is 3.55. The van der Waals surface area contributed by atoms with E-state index in [1.165, 1.54) is 25.7 Å². The molecule has 2 aliphatic rings. The van der Waals surface area contributed by atoms with Crippen molar-refractivity contribution in [3.8, 4) is 0 Å². The molecule has 1 aliphatic heterocycles. The van der Waals surface area contributed by atoms with Crippen molar-refractivity contribution in [1.82, 2.24) is 15.1 Å². The zero-order valence-corrected chi connectivity index (χ0v) is 16.5. The fourth-order valence-corrected chi connectivity index (χ4v) is 3.55. The summed E-state index contributed by atoms with van der Waals surface area (Å²) in [6.45, 7) is 11.4. The molecule has 1 aliphatic carbocycles. The van der Waals surface area contributed by atoms with E-state index in [9.17, 15) is 0 Å². The van der Waals surface area contributed by atoms with Crippen molar-refractivity contribution in [2.24, 2.45) is 10.9 Å². The summed E-state index contributed by atoms with van der Waals surface area (Å²) < 4.78 is 0. The van der Waals surface area contributed by atoms with Crippen LogP contribution in [0.1, 0.15) is 46.5 Å². The maximum Gasteiger partial charge on any atom is 0.193 e. The number of nitrogens with one attached hydrogen (secondary N) is 1. The molecule has 0 amide bonds. The molecule has 3 unspecified atom stereocenters. The summed E-state index contributed by atoms with van der Waals surface area (Å²) in [6, 6.07) is 1.38. The lowest BCUT2D eigenvalue weighted by Crippen LogP contribution is -2.44. The van der Waals surface area contributed by atoms with Gasteiger partial charge in [0.25, 0.3) is 0 Å². The summed E-state index contributed by atoms with van der Waals surface area (Å²) in [5, 5.41) is 3.67. The summed E-state index contributed by atoms with van der Waals surface area (Å²) in [5.41, 5.74) is 0. The first-order valence-corrected chi connectivity index (χ1v) is 8.45. The van der Waals surface area contributed by atoms with Gasteiger partial charge in [-0.25, -0.2) is 0 Å². The second kappa shape index (κ2) is 9.18. The molecule has 0 radical (unpaired) electrons. The standard InChI is InChI=1S/C16H32N4.HI/c1-5-8-13-11-15(13)18-16(17-4)20-10-9-14(12-20)19(6-2)7-3;/h13-15H,5-12H2,1-4H3,(H,17,18);1H. The highest BCUT2D eigenvalue weighted by molar-refractivity contribution is 14.0. The Labute approximate surface area is 147 Å². The molecule has 0 bridgehead atoms. The Hall–Kier alpha value is -0.0400. The van der Waals surface area contributed by atoms with Crippen molar-refractivity contribution in [2.75, 3.05) is 33.2 Å². The molecule has 0 spiro atoms. The molecule has 1 N–H and O–H groups in total. The predicted octanol–water partition coefficient (Wildman–Crippen LogP) is 2.78. The molecule has 0 aromatic heterocycles. The van der Waals surface area contributed by atoms with Crippen LogP contribution in [-0.4, -0.2) is 61.1 Å². The van der Waals surface area contributed by atoms with Gasteiger partial charge in [-0.15, -0.1) is 24.0 Å². The average molecular weight is 408 g/mol. The fraction of sp³-hybridized carbons (Fsp3) is 0.938. The Bertz CT molecular complexity index is 330. The van der Waals surface area contributed by atoms with Crippen molar-refractivity contribution in [3.05, 3.63) is 0 Å². The molecule has 21 heavy (non-hydrogen) atoms. The van der Waals surface area contributed by atoms with Crippen LogP contribution in [0.25, 0.3) is 0 Å². The van der Waals surface area contributed by atoms with Crippen molar-refractivity contribution in [3.63, 3.8) is 0 Å². The lowest BCUT2D eigenvalue weighted by molar-refractivity contribution is 0.223. The first-order valence-electron chi connectivity index (χ1n) is 8.45. The zero-order chi connectivity index (χ0) is 14.5. The van der Waals surface area contributed by atoms with Gasteiger partial charge in [0.1, 0.15) is 0 Å². The third-order valence-electron chi connectivity index (χ3n) is 4.90. The van der Waals surface area contributed by atoms with Crippen LogP contribution in [0.5, 0.6) is 0 Å². The smallest absolute Gasteiger partial charge is 0.193 e. The molecule has 0 aromatic rings.